The van der Waals surface area contributed by atoms with Crippen molar-refractivity contribution >= 4 is 69.9 Å². The van der Waals surface area contributed by atoms with Gasteiger partial charge in [-0.1, -0.05) is 28.2 Å². The molecule has 17 nitrogen and oxygen atoms in total. The molecule has 0 aliphatic carbocycles. The zero-order valence-electron chi connectivity index (χ0n) is 21.5. The fourth-order valence-corrected chi connectivity index (χ4v) is 7.44. The summed E-state index contributed by atoms with van der Waals surface area (Å²) in [4.78, 5) is 60.5. The van der Waals surface area contributed by atoms with E-state index in [0.717, 1.165) is 11.3 Å². The maximum absolute atomic E-state index is 13.3. The number of fused-ring (bicyclic) bond motifs is 1. The van der Waals surface area contributed by atoms with E-state index < -0.39 is 34.6 Å². The Morgan fingerprint density at radius 2 is 2.29 bits per heavy atom. The molecular formula is C22H22N10O7S3. The zero-order chi connectivity index (χ0) is 29.7. The molecule has 2 aliphatic heterocycles. The van der Waals surface area contributed by atoms with E-state index in [1.807, 2.05) is 0 Å². The second-order valence-electron chi connectivity index (χ2n) is 8.93. The summed E-state index contributed by atoms with van der Waals surface area (Å²) in [6.45, 7) is 3.88. The van der Waals surface area contributed by atoms with Crippen molar-refractivity contribution in [3.8, 4) is 0 Å². The summed E-state index contributed by atoms with van der Waals surface area (Å²) in [5.41, 5.74) is -0.941. The molecule has 0 spiro atoms. The van der Waals surface area contributed by atoms with Crippen LogP contribution in [0, 0.1) is 5.41 Å². The van der Waals surface area contributed by atoms with E-state index >= 15 is 0 Å². The molecular weight excluding hydrogens is 613 g/mol. The summed E-state index contributed by atoms with van der Waals surface area (Å²) in [6, 6.07) is 0.638. The molecule has 3 amide bonds. The molecule has 0 saturated carbocycles. The minimum Gasteiger partial charge on any atom is -0.481 e. The summed E-state index contributed by atoms with van der Waals surface area (Å²) < 4.78 is 6.25. The summed E-state index contributed by atoms with van der Waals surface area (Å²) in [5, 5.41) is 35.9. The van der Waals surface area contributed by atoms with Crippen LogP contribution in [0.4, 0.5) is 5.13 Å². The Hall–Kier alpha value is -4.30. The maximum atomic E-state index is 13.3. The van der Waals surface area contributed by atoms with Crippen LogP contribution >= 0.6 is 34.9 Å². The minimum atomic E-state index is -1.26. The number of nitrogens with zero attached hydrogens (tertiary/aromatic N) is 8. The van der Waals surface area contributed by atoms with Crippen LogP contribution in [0.15, 0.2) is 45.2 Å². The first-order valence-corrected chi connectivity index (χ1v) is 15.0. The number of carboxylic acid groups (broad SMARTS) is 1. The van der Waals surface area contributed by atoms with E-state index in [2.05, 4.69) is 48.0 Å². The van der Waals surface area contributed by atoms with Gasteiger partial charge in [-0.2, -0.15) is 0 Å². The predicted octanol–water partition coefficient (Wildman–Crippen LogP) is 0.0560. The molecule has 2 aliphatic rings. The molecule has 5 heterocycles. The number of amides is 3. The zero-order valence-corrected chi connectivity index (χ0v) is 23.9. The van der Waals surface area contributed by atoms with Gasteiger partial charge in [-0.05, 0) is 10.4 Å². The van der Waals surface area contributed by atoms with Gasteiger partial charge in [0.15, 0.2) is 17.5 Å². The van der Waals surface area contributed by atoms with E-state index in [4.69, 9.17) is 9.36 Å². The van der Waals surface area contributed by atoms with Crippen LogP contribution in [0.5, 0.6) is 0 Å². The Morgan fingerprint density at radius 3 is 3.02 bits per heavy atom. The van der Waals surface area contributed by atoms with E-state index in [1.54, 1.807) is 12.1 Å². The van der Waals surface area contributed by atoms with Crippen molar-refractivity contribution in [2.75, 3.05) is 23.4 Å². The van der Waals surface area contributed by atoms with Gasteiger partial charge in [-0.25, -0.2) is 9.67 Å². The molecule has 3 aromatic rings. The Morgan fingerprint density at radius 1 is 1.43 bits per heavy atom. The average Bonchev–Trinajstić information content (AvgIpc) is 3.76. The number of anilines is 1. The molecule has 0 bridgehead atoms. The standard InChI is InChI=1S/C22H22N10O7S3/c1-2-4-32-21(26-29-30-32)42-10-22(19(36)37)8-31-17(35)15(18(31)41-9-22)25-16(34)14(13-7-40-20(24-13)23-11-33)28-39-6-12-3-5-38-27-12/h2-3,5,7,11,15,18H,1,4,6,8-10H2,(H,25,34)(H,36,37)(H,23,24,33)/t15?,18-,22?/m1/s1. The molecule has 2 saturated heterocycles. The van der Waals surface area contributed by atoms with Crippen molar-refractivity contribution < 1.29 is 33.6 Å². The number of aromatic nitrogens is 6. The average molecular weight is 635 g/mol. The van der Waals surface area contributed by atoms with Gasteiger partial charge >= 0.3 is 5.97 Å². The van der Waals surface area contributed by atoms with Crippen molar-refractivity contribution in [1.29, 1.82) is 0 Å². The van der Waals surface area contributed by atoms with Crippen LogP contribution in [-0.2, 0) is 37.2 Å². The normalized spacial score (nSPS) is 21.7. The number of hydrogen-bond acceptors (Lipinski definition) is 15. The number of rotatable bonds is 14. The minimum absolute atomic E-state index is 0.0458. The second-order valence-corrected chi connectivity index (χ2v) is 11.8. The predicted molar refractivity (Wildman–Crippen MR) is 148 cm³/mol. The highest BCUT2D eigenvalue weighted by atomic mass is 32.2. The fourth-order valence-electron chi connectivity index (χ4n) is 4.03. The molecule has 220 valence electrons. The molecule has 20 heteroatoms. The van der Waals surface area contributed by atoms with Gasteiger partial charge in [0.05, 0.1) is 6.54 Å². The number of carboxylic acids is 1. The number of oxime groups is 1. The number of hydrogen-bond donors (Lipinski definition) is 3. The first-order chi connectivity index (χ1) is 20.3. The lowest BCUT2D eigenvalue weighted by Gasteiger charge is -2.53. The monoisotopic (exact) mass is 634 g/mol. The molecule has 0 aromatic carbocycles. The SMILES string of the molecule is C=CCn1nnnc1SCC1(C(=O)O)CS[C@@H]2C(NC(=O)C(=NOCc3ccon3)c3csc(NC=O)n3)C(=O)N2C1. The number of nitrogens with one attached hydrogen (secondary N) is 2. The van der Waals surface area contributed by atoms with Gasteiger partial charge in [0.1, 0.15) is 34.5 Å². The highest BCUT2D eigenvalue weighted by molar-refractivity contribution is 8.00. The smallest absolute Gasteiger partial charge is 0.313 e. The molecule has 2 unspecified atom stereocenters. The maximum Gasteiger partial charge on any atom is 0.313 e. The molecule has 3 N–H and O–H groups in total. The van der Waals surface area contributed by atoms with Crippen LogP contribution in [0.25, 0.3) is 0 Å². The number of aliphatic carboxylic acids is 1. The van der Waals surface area contributed by atoms with Crippen molar-refractivity contribution in [1.82, 2.24) is 40.6 Å². The number of allylic oxidation sites excluding steroid dienone is 1. The van der Waals surface area contributed by atoms with Crippen LogP contribution < -0.4 is 10.6 Å². The Bertz CT molecular complexity index is 1510. The van der Waals surface area contributed by atoms with Gasteiger partial charge in [0.2, 0.25) is 17.5 Å². The first kappa shape index (κ1) is 29.2. The topological polar surface area (TPSA) is 220 Å². The number of carbonyl (C=O) groups is 4. The summed E-state index contributed by atoms with van der Waals surface area (Å²) in [6.07, 6.45) is 3.42. The third-order valence-electron chi connectivity index (χ3n) is 6.17. The lowest BCUT2D eigenvalue weighted by atomic mass is 9.89. The third-order valence-corrected chi connectivity index (χ3v) is 9.78. The van der Waals surface area contributed by atoms with Crippen LogP contribution in [0.3, 0.4) is 0 Å². The number of thiazole rings is 1. The fraction of sp³-hybridized carbons (Fsp3) is 0.364. The number of carbonyl (C=O) groups excluding carboxylic acids is 3. The molecule has 3 atom stereocenters. The number of β-lactam (4-membered cyclic amide) rings is 1. The number of thioether (sulfide) groups is 2. The van der Waals surface area contributed by atoms with Crippen LogP contribution in [-0.4, -0.2) is 99.7 Å². The lowest BCUT2D eigenvalue weighted by Crippen LogP contribution is -2.74. The van der Waals surface area contributed by atoms with Crippen molar-refractivity contribution in [3.63, 3.8) is 0 Å². The van der Waals surface area contributed by atoms with Crippen molar-refractivity contribution in [2.24, 2.45) is 10.6 Å². The molecule has 5 rings (SSSR count). The molecule has 2 fully saturated rings. The Labute approximate surface area is 249 Å². The second kappa shape index (κ2) is 12.7. The third kappa shape index (κ3) is 5.99. The van der Waals surface area contributed by atoms with Crippen molar-refractivity contribution in [3.05, 3.63) is 41.8 Å². The van der Waals surface area contributed by atoms with Crippen LogP contribution in [0.2, 0.25) is 0 Å². The molecule has 0 radical (unpaired) electrons. The highest BCUT2D eigenvalue weighted by Gasteiger charge is 2.57. The van der Waals surface area contributed by atoms with E-state index in [9.17, 15) is 24.3 Å². The molecule has 3 aromatic heterocycles. The van der Waals surface area contributed by atoms with Gasteiger partial charge < -0.3 is 30.0 Å². The highest BCUT2D eigenvalue weighted by Crippen LogP contribution is 2.44. The first-order valence-electron chi connectivity index (χ1n) is 12.1. The summed E-state index contributed by atoms with van der Waals surface area (Å²) >= 11 is 3.51. The van der Waals surface area contributed by atoms with Gasteiger partial charge in [-0.3, -0.25) is 19.2 Å². The largest absolute Gasteiger partial charge is 0.481 e. The summed E-state index contributed by atoms with van der Waals surface area (Å²) in [5.74, 6) is -1.91. The van der Waals surface area contributed by atoms with E-state index in [0.29, 0.717) is 23.8 Å². The van der Waals surface area contributed by atoms with E-state index in [1.165, 1.54) is 44.7 Å². The van der Waals surface area contributed by atoms with Gasteiger partial charge in [0, 0.05) is 29.5 Å². The summed E-state index contributed by atoms with van der Waals surface area (Å²) in [7, 11) is 0. The van der Waals surface area contributed by atoms with Gasteiger partial charge in [-0.15, -0.1) is 34.8 Å². The van der Waals surface area contributed by atoms with Crippen LogP contribution in [0.1, 0.15) is 11.4 Å². The Balaban J connectivity index is 1.26. The lowest BCUT2D eigenvalue weighted by molar-refractivity contribution is -0.157. The number of tetrazole rings is 1. The van der Waals surface area contributed by atoms with Crippen molar-refractivity contribution in [2.45, 2.75) is 29.7 Å². The Kier molecular flexibility index (Phi) is 8.83. The van der Waals surface area contributed by atoms with Gasteiger partial charge in [0.25, 0.3) is 5.91 Å². The quantitative estimate of drug-likeness (QED) is 0.0533. The van der Waals surface area contributed by atoms with E-state index in [-0.39, 0.29) is 41.2 Å². The molecule has 42 heavy (non-hydrogen) atoms.